The molecule has 90 valence electrons. The number of halogens is 2. The largest absolute Gasteiger partial charge is 0.354 e. The van der Waals surface area contributed by atoms with Gasteiger partial charge in [0.25, 0.3) is 0 Å². The van der Waals surface area contributed by atoms with Crippen molar-refractivity contribution in [1.29, 1.82) is 0 Å². The molecule has 0 aliphatic heterocycles. The third kappa shape index (κ3) is 1.59. The van der Waals surface area contributed by atoms with E-state index in [-0.39, 0.29) is 0 Å². The SMILES string of the molecule is Cc1c(F)c(F)cc2cc(-c3ccccc3)[nH]c12. The Hall–Kier alpha value is -2.16. The van der Waals surface area contributed by atoms with Gasteiger partial charge in [-0.15, -0.1) is 0 Å². The first kappa shape index (κ1) is 11.0. The van der Waals surface area contributed by atoms with Crippen LogP contribution in [0.2, 0.25) is 0 Å². The van der Waals surface area contributed by atoms with Gasteiger partial charge >= 0.3 is 0 Å². The van der Waals surface area contributed by atoms with Crippen LogP contribution in [-0.2, 0) is 0 Å². The van der Waals surface area contributed by atoms with Crippen LogP contribution in [0.15, 0.2) is 42.5 Å². The molecule has 0 saturated carbocycles. The highest BCUT2D eigenvalue weighted by atomic mass is 19.2. The van der Waals surface area contributed by atoms with Gasteiger partial charge < -0.3 is 4.98 Å². The maximum absolute atomic E-state index is 13.5. The number of benzene rings is 2. The van der Waals surface area contributed by atoms with E-state index >= 15 is 0 Å². The summed E-state index contributed by atoms with van der Waals surface area (Å²) in [7, 11) is 0. The number of fused-ring (bicyclic) bond motifs is 1. The molecule has 3 heteroatoms. The Labute approximate surface area is 103 Å². The van der Waals surface area contributed by atoms with Crippen LogP contribution in [-0.4, -0.2) is 4.98 Å². The van der Waals surface area contributed by atoms with E-state index in [0.717, 1.165) is 11.3 Å². The monoisotopic (exact) mass is 243 g/mol. The van der Waals surface area contributed by atoms with Crippen molar-refractivity contribution in [2.45, 2.75) is 6.92 Å². The molecular formula is C15H11F2N. The van der Waals surface area contributed by atoms with Crippen LogP contribution < -0.4 is 0 Å². The molecule has 3 aromatic rings. The second kappa shape index (κ2) is 3.95. The van der Waals surface area contributed by atoms with Crippen molar-refractivity contribution in [2.24, 2.45) is 0 Å². The summed E-state index contributed by atoms with van der Waals surface area (Å²) in [6, 6.07) is 12.7. The van der Waals surface area contributed by atoms with Crippen molar-refractivity contribution in [3.8, 4) is 11.3 Å². The fourth-order valence-corrected chi connectivity index (χ4v) is 2.16. The Morgan fingerprint density at radius 2 is 1.72 bits per heavy atom. The summed E-state index contributed by atoms with van der Waals surface area (Å²) in [6.45, 7) is 1.58. The fraction of sp³-hybridized carbons (Fsp3) is 0.0667. The van der Waals surface area contributed by atoms with Crippen molar-refractivity contribution in [3.63, 3.8) is 0 Å². The topological polar surface area (TPSA) is 15.8 Å². The molecule has 0 bridgehead atoms. The maximum atomic E-state index is 13.5. The lowest BCUT2D eigenvalue weighted by molar-refractivity contribution is 0.505. The fourth-order valence-electron chi connectivity index (χ4n) is 2.16. The number of aromatic nitrogens is 1. The first-order chi connectivity index (χ1) is 8.66. The predicted molar refractivity (Wildman–Crippen MR) is 68.4 cm³/mol. The summed E-state index contributed by atoms with van der Waals surface area (Å²) >= 11 is 0. The summed E-state index contributed by atoms with van der Waals surface area (Å²) < 4.78 is 26.8. The molecule has 0 saturated heterocycles. The summed E-state index contributed by atoms with van der Waals surface area (Å²) in [5, 5.41) is 0.685. The van der Waals surface area contributed by atoms with E-state index in [1.54, 1.807) is 6.92 Å². The molecule has 0 aliphatic carbocycles. The van der Waals surface area contributed by atoms with Gasteiger partial charge in [0.05, 0.1) is 5.52 Å². The number of H-pyrrole nitrogens is 1. The normalized spacial score (nSPS) is 11.1. The molecule has 3 rings (SSSR count). The second-order valence-electron chi connectivity index (χ2n) is 4.31. The van der Waals surface area contributed by atoms with Crippen LogP contribution in [0.3, 0.4) is 0 Å². The molecule has 18 heavy (non-hydrogen) atoms. The van der Waals surface area contributed by atoms with Gasteiger partial charge in [0.1, 0.15) is 0 Å². The lowest BCUT2D eigenvalue weighted by Crippen LogP contribution is -1.89. The summed E-state index contributed by atoms with van der Waals surface area (Å²) in [5.74, 6) is -1.59. The minimum absolute atomic E-state index is 0.312. The minimum Gasteiger partial charge on any atom is -0.354 e. The number of aromatic amines is 1. The molecule has 0 unspecified atom stereocenters. The molecule has 0 radical (unpaired) electrons. The third-order valence-corrected chi connectivity index (χ3v) is 3.13. The molecule has 1 heterocycles. The Morgan fingerprint density at radius 1 is 1.00 bits per heavy atom. The molecule has 1 N–H and O–H groups in total. The van der Waals surface area contributed by atoms with Gasteiger partial charge in [-0.25, -0.2) is 8.78 Å². The number of hydrogen-bond donors (Lipinski definition) is 1. The van der Waals surface area contributed by atoms with Crippen LogP contribution in [0.1, 0.15) is 5.56 Å². The molecule has 0 atom stereocenters. The standard InChI is InChI=1S/C15H11F2N/c1-9-14(17)12(16)7-11-8-13(18-15(9)11)10-5-3-2-4-6-10/h2-8,18H,1H3. The zero-order valence-corrected chi connectivity index (χ0v) is 9.80. The van der Waals surface area contributed by atoms with Gasteiger partial charge in [0, 0.05) is 16.6 Å². The molecule has 1 aromatic heterocycles. The van der Waals surface area contributed by atoms with Gasteiger partial charge in [-0.3, -0.25) is 0 Å². The van der Waals surface area contributed by atoms with Crippen LogP contribution >= 0.6 is 0 Å². The van der Waals surface area contributed by atoms with Gasteiger partial charge in [0.15, 0.2) is 11.6 Å². The molecule has 1 nitrogen and oxygen atoms in total. The lowest BCUT2D eigenvalue weighted by atomic mass is 10.1. The number of hydrogen-bond acceptors (Lipinski definition) is 0. The van der Waals surface area contributed by atoms with Crippen molar-refractivity contribution < 1.29 is 8.78 Å². The van der Waals surface area contributed by atoms with Gasteiger partial charge in [-0.2, -0.15) is 0 Å². The Bertz CT molecular complexity index is 714. The summed E-state index contributed by atoms with van der Waals surface area (Å²) in [6.07, 6.45) is 0. The quantitative estimate of drug-likeness (QED) is 0.651. The first-order valence-electron chi connectivity index (χ1n) is 5.69. The maximum Gasteiger partial charge on any atom is 0.163 e. The van der Waals surface area contributed by atoms with E-state index in [9.17, 15) is 8.78 Å². The van der Waals surface area contributed by atoms with Gasteiger partial charge in [-0.05, 0) is 24.6 Å². The molecule has 2 aromatic carbocycles. The number of nitrogens with one attached hydrogen (secondary N) is 1. The van der Waals surface area contributed by atoms with E-state index in [1.807, 2.05) is 36.4 Å². The van der Waals surface area contributed by atoms with Crippen molar-refractivity contribution in [2.75, 3.05) is 0 Å². The number of rotatable bonds is 1. The van der Waals surface area contributed by atoms with Crippen LogP contribution in [0.5, 0.6) is 0 Å². The molecular weight excluding hydrogens is 232 g/mol. The van der Waals surface area contributed by atoms with Crippen LogP contribution in [0.25, 0.3) is 22.2 Å². The van der Waals surface area contributed by atoms with E-state index in [0.29, 0.717) is 16.5 Å². The Morgan fingerprint density at radius 3 is 2.44 bits per heavy atom. The minimum atomic E-state index is -0.807. The summed E-state index contributed by atoms with van der Waals surface area (Å²) in [4.78, 5) is 3.14. The van der Waals surface area contributed by atoms with E-state index < -0.39 is 11.6 Å². The van der Waals surface area contributed by atoms with Crippen molar-refractivity contribution in [3.05, 3.63) is 59.7 Å². The average Bonchev–Trinajstić information content (AvgIpc) is 2.81. The van der Waals surface area contributed by atoms with Crippen LogP contribution in [0.4, 0.5) is 8.78 Å². The average molecular weight is 243 g/mol. The molecule has 0 aliphatic rings. The predicted octanol–water partition coefficient (Wildman–Crippen LogP) is 4.42. The Kier molecular flexibility index (Phi) is 2.40. The van der Waals surface area contributed by atoms with E-state index in [1.165, 1.54) is 6.07 Å². The highest BCUT2D eigenvalue weighted by Gasteiger charge is 2.12. The highest BCUT2D eigenvalue weighted by molar-refractivity contribution is 5.88. The second-order valence-corrected chi connectivity index (χ2v) is 4.31. The third-order valence-electron chi connectivity index (χ3n) is 3.13. The van der Waals surface area contributed by atoms with Crippen molar-refractivity contribution in [1.82, 2.24) is 4.98 Å². The zero-order chi connectivity index (χ0) is 12.7. The van der Waals surface area contributed by atoms with Gasteiger partial charge in [0.2, 0.25) is 0 Å². The van der Waals surface area contributed by atoms with Crippen LogP contribution in [0, 0.1) is 18.6 Å². The molecule has 0 amide bonds. The lowest BCUT2D eigenvalue weighted by Gasteiger charge is -1.99. The highest BCUT2D eigenvalue weighted by Crippen LogP contribution is 2.28. The van der Waals surface area contributed by atoms with Gasteiger partial charge in [-0.1, -0.05) is 30.3 Å². The summed E-state index contributed by atoms with van der Waals surface area (Å²) in [5.41, 5.74) is 2.81. The van der Waals surface area contributed by atoms with Crippen molar-refractivity contribution >= 4 is 10.9 Å². The zero-order valence-electron chi connectivity index (χ0n) is 9.80. The van der Waals surface area contributed by atoms with E-state index in [4.69, 9.17) is 0 Å². The van der Waals surface area contributed by atoms with E-state index in [2.05, 4.69) is 4.98 Å². The Balaban J connectivity index is 2.27. The molecule has 0 spiro atoms. The first-order valence-corrected chi connectivity index (χ1v) is 5.69. The number of aryl methyl sites for hydroxylation is 1. The smallest absolute Gasteiger partial charge is 0.163 e. The molecule has 0 fully saturated rings.